The number of rotatable bonds is 2. The number of ketones is 1. The first-order chi connectivity index (χ1) is 4.70. The number of hydrogen-bond acceptors (Lipinski definition) is 2. The van der Waals surface area contributed by atoms with Gasteiger partial charge in [-0.2, -0.15) is 0 Å². The second kappa shape index (κ2) is 2.69. The molecule has 2 nitrogen and oxygen atoms in total. The molecule has 0 aromatic carbocycles. The fourth-order valence-corrected chi connectivity index (χ4v) is 0.836. The van der Waals surface area contributed by atoms with E-state index in [1.807, 2.05) is 6.92 Å². The molecule has 0 aliphatic rings. The Balaban J connectivity index is 2.74. The number of carbonyl (C=O) groups excluding carboxylic acids is 1. The fraction of sp³-hybridized carbons (Fsp3) is 0.375. The van der Waals surface area contributed by atoms with E-state index in [0.29, 0.717) is 6.42 Å². The van der Waals surface area contributed by atoms with E-state index in [1.165, 1.54) is 0 Å². The van der Waals surface area contributed by atoms with Crippen LogP contribution in [-0.2, 0) is 11.2 Å². The summed E-state index contributed by atoms with van der Waals surface area (Å²) in [5.41, 5.74) is 2.04. The topological polar surface area (TPSA) is 30.2 Å². The summed E-state index contributed by atoms with van der Waals surface area (Å²) in [5.74, 6) is 0.171. The quantitative estimate of drug-likeness (QED) is 0.622. The lowest BCUT2D eigenvalue weighted by Crippen LogP contribution is -1.95. The van der Waals surface area contributed by atoms with Gasteiger partial charge in [0.2, 0.25) is 0 Å². The summed E-state index contributed by atoms with van der Waals surface area (Å²) in [4.78, 5) is 10.6. The van der Waals surface area contributed by atoms with E-state index >= 15 is 0 Å². The van der Waals surface area contributed by atoms with E-state index in [1.54, 1.807) is 19.5 Å². The molecule has 0 amide bonds. The molecule has 0 atom stereocenters. The zero-order chi connectivity index (χ0) is 7.56. The van der Waals surface area contributed by atoms with Gasteiger partial charge in [-0.3, -0.25) is 4.79 Å². The van der Waals surface area contributed by atoms with Crippen molar-refractivity contribution in [3.8, 4) is 0 Å². The van der Waals surface area contributed by atoms with Gasteiger partial charge in [0, 0.05) is 12.0 Å². The minimum absolute atomic E-state index is 0.171. The van der Waals surface area contributed by atoms with E-state index < -0.39 is 0 Å². The van der Waals surface area contributed by atoms with Gasteiger partial charge in [0.15, 0.2) is 0 Å². The highest BCUT2D eigenvalue weighted by Crippen LogP contribution is 2.08. The molecule has 10 heavy (non-hydrogen) atoms. The normalized spacial score (nSPS) is 9.80. The molecule has 0 N–H and O–H groups in total. The molecule has 0 spiro atoms. The minimum Gasteiger partial charge on any atom is -0.472 e. The maximum absolute atomic E-state index is 10.6. The minimum atomic E-state index is 0.171. The predicted octanol–water partition coefficient (Wildman–Crippen LogP) is 1.72. The number of carbonyl (C=O) groups is 1. The lowest BCUT2D eigenvalue weighted by atomic mass is 10.1. The van der Waals surface area contributed by atoms with E-state index in [0.717, 1.165) is 11.1 Å². The van der Waals surface area contributed by atoms with Crippen molar-refractivity contribution in [2.75, 3.05) is 0 Å². The second-order valence-corrected chi connectivity index (χ2v) is 2.46. The lowest BCUT2D eigenvalue weighted by Gasteiger charge is -1.90. The standard InChI is InChI=1S/C8H10O2/c1-6-4-10-5-8(6)3-7(2)9/h4-5H,3H2,1-2H3. The summed E-state index contributed by atoms with van der Waals surface area (Å²) in [6.07, 6.45) is 3.76. The van der Waals surface area contributed by atoms with Crippen LogP contribution >= 0.6 is 0 Å². The van der Waals surface area contributed by atoms with Crippen molar-refractivity contribution in [1.29, 1.82) is 0 Å². The van der Waals surface area contributed by atoms with E-state index in [-0.39, 0.29) is 5.78 Å². The zero-order valence-electron chi connectivity index (χ0n) is 6.18. The van der Waals surface area contributed by atoms with Crippen LogP contribution in [0.4, 0.5) is 0 Å². The molecular formula is C8H10O2. The Morgan fingerprint density at radius 3 is 2.70 bits per heavy atom. The van der Waals surface area contributed by atoms with Gasteiger partial charge < -0.3 is 4.42 Å². The summed E-state index contributed by atoms with van der Waals surface area (Å²) >= 11 is 0. The summed E-state index contributed by atoms with van der Waals surface area (Å²) in [6.45, 7) is 3.51. The molecule has 1 heterocycles. The number of Topliss-reactive ketones (excluding diaryl/α,β-unsaturated/α-hetero) is 1. The molecule has 1 aromatic heterocycles. The largest absolute Gasteiger partial charge is 0.472 e. The van der Waals surface area contributed by atoms with Crippen molar-refractivity contribution in [2.24, 2.45) is 0 Å². The summed E-state index contributed by atoms with van der Waals surface area (Å²) in [6, 6.07) is 0. The summed E-state index contributed by atoms with van der Waals surface area (Å²) in [7, 11) is 0. The van der Waals surface area contributed by atoms with Crippen LogP contribution in [0.3, 0.4) is 0 Å². The lowest BCUT2D eigenvalue weighted by molar-refractivity contribution is -0.116. The van der Waals surface area contributed by atoms with Crippen LogP contribution < -0.4 is 0 Å². The SMILES string of the molecule is CC(=O)Cc1cocc1C. The van der Waals surface area contributed by atoms with E-state index in [2.05, 4.69) is 0 Å². The van der Waals surface area contributed by atoms with Crippen molar-refractivity contribution in [1.82, 2.24) is 0 Å². The smallest absolute Gasteiger partial charge is 0.134 e. The fourth-order valence-electron chi connectivity index (χ4n) is 0.836. The molecule has 0 unspecified atom stereocenters. The van der Waals surface area contributed by atoms with Crippen LogP contribution in [-0.4, -0.2) is 5.78 Å². The molecule has 1 rings (SSSR count). The van der Waals surface area contributed by atoms with Crippen LogP contribution in [0.1, 0.15) is 18.1 Å². The van der Waals surface area contributed by atoms with E-state index in [4.69, 9.17) is 4.42 Å². The van der Waals surface area contributed by atoms with Gasteiger partial charge >= 0.3 is 0 Å². The highest BCUT2D eigenvalue weighted by Gasteiger charge is 2.02. The van der Waals surface area contributed by atoms with Gasteiger partial charge in [0.1, 0.15) is 5.78 Å². The van der Waals surface area contributed by atoms with Gasteiger partial charge in [0.25, 0.3) is 0 Å². The van der Waals surface area contributed by atoms with Crippen LogP contribution in [0.2, 0.25) is 0 Å². The number of furan rings is 1. The van der Waals surface area contributed by atoms with E-state index in [9.17, 15) is 4.79 Å². The first kappa shape index (κ1) is 7.06. The third kappa shape index (κ3) is 1.47. The van der Waals surface area contributed by atoms with Crippen molar-refractivity contribution in [2.45, 2.75) is 20.3 Å². The molecule has 0 aliphatic carbocycles. The third-order valence-corrected chi connectivity index (χ3v) is 1.40. The highest BCUT2D eigenvalue weighted by atomic mass is 16.3. The van der Waals surface area contributed by atoms with Gasteiger partial charge in [-0.15, -0.1) is 0 Å². The molecular weight excluding hydrogens is 128 g/mol. The van der Waals surface area contributed by atoms with Crippen molar-refractivity contribution in [3.05, 3.63) is 23.7 Å². The Bertz CT molecular complexity index is 235. The first-order valence-electron chi connectivity index (χ1n) is 3.21. The average Bonchev–Trinajstić information content (AvgIpc) is 2.15. The predicted molar refractivity (Wildman–Crippen MR) is 37.8 cm³/mol. The maximum atomic E-state index is 10.6. The summed E-state index contributed by atoms with van der Waals surface area (Å²) < 4.78 is 4.89. The first-order valence-corrected chi connectivity index (χ1v) is 3.21. The number of hydrogen-bond donors (Lipinski definition) is 0. The van der Waals surface area contributed by atoms with Crippen LogP contribution in [0.15, 0.2) is 16.9 Å². The molecule has 0 fully saturated rings. The molecule has 0 saturated heterocycles. The third-order valence-electron chi connectivity index (χ3n) is 1.40. The Kier molecular flexibility index (Phi) is 1.90. The average molecular weight is 138 g/mol. The van der Waals surface area contributed by atoms with Crippen molar-refractivity contribution < 1.29 is 9.21 Å². The van der Waals surface area contributed by atoms with Crippen LogP contribution in [0.5, 0.6) is 0 Å². The Labute approximate surface area is 59.8 Å². The van der Waals surface area contributed by atoms with Gasteiger partial charge in [-0.25, -0.2) is 0 Å². The second-order valence-electron chi connectivity index (χ2n) is 2.46. The Morgan fingerprint density at radius 1 is 1.60 bits per heavy atom. The van der Waals surface area contributed by atoms with Gasteiger partial charge in [-0.05, 0) is 19.4 Å². The van der Waals surface area contributed by atoms with Gasteiger partial charge in [0.05, 0.1) is 12.5 Å². The molecule has 1 aromatic rings. The number of aryl methyl sites for hydroxylation is 1. The van der Waals surface area contributed by atoms with Crippen molar-refractivity contribution >= 4 is 5.78 Å². The Morgan fingerprint density at radius 2 is 2.30 bits per heavy atom. The van der Waals surface area contributed by atoms with Crippen LogP contribution in [0, 0.1) is 6.92 Å². The molecule has 54 valence electrons. The monoisotopic (exact) mass is 138 g/mol. The maximum Gasteiger partial charge on any atom is 0.134 e. The molecule has 0 saturated carbocycles. The van der Waals surface area contributed by atoms with Gasteiger partial charge in [-0.1, -0.05) is 0 Å². The zero-order valence-corrected chi connectivity index (χ0v) is 6.18. The Hall–Kier alpha value is -1.05. The highest BCUT2D eigenvalue weighted by molar-refractivity contribution is 5.78. The molecule has 2 heteroatoms. The molecule has 0 radical (unpaired) electrons. The van der Waals surface area contributed by atoms with Crippen molar-refractivity contribution in [3.63, 3.8) is 0 Å². The molecule has 0 aliphatic heterocycles. The molecule has 0 bridgehead atoms. The summed E-state index contributed by atoms with van der Waals surface area (Å²) in [5, 5.41) is 0. The van der Waals surface area contributed by atoms with Crippen LogP contribution in [0.25, 0.3) is 0 Å².